The van der Waals surface area contributed by atoms with Crippen LogP contribution in [0.4, 0.5) is 0 Å². The molecule has 1 aromatic heterocycles. The van der Waals surface area contributed by atoms with Crippen LogP contribution in [0.2, 0.25) is 0 Å². The molecule has 2 atom stereocenters. The number of hydrogen-bond donors (Lipinski definition) is 2. The Kier molecular flexibility index (Phi) is 5.67. The summed E-state index contributed by atoms with van der Waals surface area (Å²) in [5, 5.41) is 6.28. The first-order valence-corrected chi connectivity index (χ1v) is 8.91. The van der Waals surface area contributed by atoms with Crippen molar-refractivity contribution in [2.75, 3.05) is 33.2 Å². The summed E-state index contributed by atoms with van der Waals surface area (Å²) in [5.74, 6) is 2.54. The molecular weight excluding hydrogens is 302 g/mol. The van der Waals surface area contributed by atoms with E-state index in [0.717, 1.165) is 30.9 Å². The van der Waals surface area contributed by atoms with Crippen LogP contribution in [0.1, 0.15) is 36.0 Å². The molecule has 2 aliphatic rings. The second-order valence-electron chi connectivity index (χ2n) is 6.68. The standard InChI is InChI=1S/C18H27N5O/c1-19-18(23-12-15-5-2-3-6-16(15)13-23)22-10-9-21-17(24)14-7-4-8-20-11-14/h4,7-8,11,15-16H,2-3,5-6,9-10,12-13H2,1H3,(H,19,22)(H,21,24). The topological polar surface area (TPSA) is 69.6 Å². The highest BCUT2D eigenvalue weighted by molar-refractivity contribution is 5.93. The number of fused-ring (bicyclic) bond motifs is 1. The fourth-order valence-corrected chi connectivity index (χ4v) is 3.86. The van der Waals surface area contributed by atoms with Gasteiger partial charge in [0, 0.05) is 45.6 Å². The lowest BCUT2D eigenvalue weighted by Gasteiger charge is -2.22. The predicted molar refractivity (Wildman–Crippen MR) is 95.0 cm³/mol. The summed E-state index contributed by atoms with van der Waals surface area (Å²) in [6.07, 6.45) is 8.71. The minimum absolute atomic E-state index is 0.0907. The second kappa shape index (κ2) is 8.13. The van der Waals surface area contributed by atoms with E-state index in [1.165, 1.54) is 25.7 Å². The number of guanidine groups is 1. The summed E-state index contributed by atoms with van der Waals surface area (Å²) in [6, 6.07) is 3.53. The van der Waals surface area contributed by atoms with Crippen molar-refractivity contribution in [3.05, 3.63) is 30.1 Å². The zero-order valence-electron chi connectivity index (χ0n) is 14.4. The van der Waals surface area contributed by atoms with Gasteiger partial charge in [-0.1, -0.05) is 12.8 Å². The molecule has 1 saturated carbocycles. The third-order valence-electron chi connectivity index (χ3n) is 5.11. The predicted octanol–water partition coefficient (Wildman–Crippen LogP) is 1.51. The number of carbonyl (C=O) groups excluding carboxylic acids is 1. The van der Waals surface area contributed by atoms with E-state index in [4.69, 9.17) is 0 Å². The molecule has 1 amide bonds. The van der Waals surface area contributed by atoms with E-state index in [1.54, 1.807) is 24.5 Å². The molecule has 2 heterocycles. The number of pyridine rings is 1. The highest BCUT2D eigenvalue weighted by Crippen LogP contribution is 2.35. The van der Waals surface area contributed by atoms with Gasteiger partial charge in [-0.3, -0.25) is 14.8 Å². The smallest absolute Gasteiger partial charge is 0.252 e. The van der Waals surface area contributed by atoms with Crippen LogP contribution in [0.5, 0.6) is 0 Å². The monoisotopic (exact) mass is 329 g/mol. The third-order valence-corrected chi connectivity index (χ3v) is 5.11. The Labute approximate surface area is 143 Å². The third kappa shape index (κ3) is 4.04. The van der Waals surface area contributed by atoms with Crippen molar-refractivity contribution < 1.29 is 4.79 Å². The van der Waals surface area contributed by atoms with E-state index in [0.29, 0.717) is 18.7 Å². The van der Waals surface area contributed by atoms with Crippen molar-refractivity contribution in [1.82, 2.24) is 20.5 Å². The van der Waals surface area contributed by atoms with E-state index < -0.39 is 0 Å². The molecule has 2 unspecified atom stereocenters. The summed E-state index contributed by atoms with van der Waals surface area (Å²) in [4.78, 5) is 22.7. The maximum atomic E-state index is 12.0. The first-order chi connectivity index (χ1) is 11.8. The van der Waals surface area contributed by atoms with Gasteiger partial charge in [-0.2, -0.15) is 0 Å². The molecule has 0 spiro atoms. The molecule has 24 heavy (non-hydrogen) atoms. The van der Waals surface area contributed by atoms with Crippen molar-refractivity contribution in [3.63, 3.8) is 0 Å². The Morgan fingerprint density at radius 2 is 1.96 bits per heavy atom. The Bertz CT molecular complexity index is 560. The van der Waals surface area contributed by atoms with E-state index in [1.807, 2.05) is 7.05 Å². The van der Waals surface area contributed by atoms with Crippen LogP contribution in [-0.4, -0.2) is 55.0 Å². The molecule has 0 aromatic carbocycles. The van der Waals surface area contributed by atoms with Gasteiger partial charge in [-0.15, -0.1) is 0 Å². The average molecular weight is 329 g/mol. The molecule has 1 aromatic rings. The molecule has 1 aliphatic carbocycles. The molecule has 6 heteroatoms. The second-order valence-corrected chi connectivity index (χ2v) is 6.68. The average Bonchev–Trinajstić information content (AvgIpc) is 3.06. The minimum Gasteiger partial charge on any atom is -0.354 e. The van der Waals surface area contributed by atoms with E-state index in [-0.39, 0.29) is 5.91 Å². The number of hydrogen-bond acceptors (Lipinski definition) is 3. The highest BCUT2D eigenvalue weighted by Gasteiger charge is 2.35. The molecule has 3 rings (SSSR count). The van der Waals surface area contributed by atoms with Crippen LogP contribution in [0, 0.1) is 11.8 Å². The molecule has 0 radical (unpaired) electrons. The van der Waals surface area contributed by atoms with Crippen LogP contribution in [0.3, 0.4) is 0 Å². The van der Waals surface area contributed by atoms with Crippen molar-refractivity contribution in [2.24, 2.45) is 16.8 Å². The molecule has 0 bridgehead atoms. The number of aliphatic imine (C=N–C) groups is 1. The van der Waals surface area contributed by atoms with Gasteiger partial charge in [0.1, 0.15) is 0 Å². The van der Waals surface area contributed by atoms with Gasteiger partial charge >= 0.3 is 0 Å². The van der Waals surface area contributed by atoms with Gasteiger partial charge < -0.3 is 15.5 Å². The molecule has 1 saturated heterocycles. The fraction of sp³-hybridized carbons (Fsp3) is 0.611. The maximum Gasteiger partial charge on any atom is 0.252 e. The van der Waals surface area contributed by atoms with Crippen molar-refractivity contribution in [2.45, 2.75) is 25.7 Å². The van der Waals surface area contributed by atoms with Crippen molar-refractivity contribution in [3.8, 4) is 0 Å². The fourth-order valence-electron chi connectivity index (χ4n) is 3.86. The molecule has 6 nitrogen and oxygen atoms in total. The lowest BCUT2D eigenvalue weighted by molar-refractivity contribution is 0.0954. The number of rotatable bonds is 4. The highest BCUT2D eigenvalue weighted by atomic mass is 16.1. The normalized spacial score (nSPS) is 23.7. The number of amides is 1. The van der Waals surface area contributed by atoms with Gasteiger partial charge in [0.15, 0.2) is 5.96 Å². The van der Waals surface area contributed by atoms with Crippen molar-refractivity contribution >= 4 is 11.9 Å². The van der Waals surface area contributed by atoms with Crippen LogP contribution >= 0.6 is 0 Å². The summed E-state index contributed by atoms with van der Waals surface area (Å²) in [7, 11) is 1.83. The van der Waals surface area contributed by atoms with Gasteiger partial charge in [0.2, 0.25) is 0 Å². The largest absolute Gasteiger partial charge is 0.354 e. The molecular formula is C18H27N5O. The molecule has 2 fully saturated rings. The number of likely N-dealkylation sites (tertiary alicyclic amines) is 1. The van der Waals surface area contributed by atoms with Gasteiger partial charge in [-0.05, 0) is 36.8 Å². The van der Waals surface area contributed by atoms with E-state index in [9.17, 15) is 4.79 Å². The van der Waals surface area contributed by atoms with Crippen LogP contribution in [0.15, 0.2) is 29.5 Å². The van der Waals surface area contributed by atoms with Crippen LogP contribution < -0.4 is 10.6 Å². The summed E-state index contributed by atoms with van der Waals surface area (Å²) >= 11 is 0. The van der Waals surface area contributed by atoms with Crippen LogP contribution in [0.25, 0.3) is 0 Å². The molecule has 1 aliphatic heterocycles. The Hall–Kier alpha value is -2.11. The first kappa shape index (κ1) is 16.7. The van der Waals surface area contributed by atoms with Gasteiger partial charge in [0.25, 0.3) is 5.91 Å². The number of nitrogens with zero attached hydrogens (tertiary/aromatic N) is 3. The van der Waals surface area contributed by atoms with Crippen LogP contribution in [-0.2, 0) is 0 Å². The lowest BCUT2D eigenvalue weighted by Crippen LogP contribution is -2.43. The number of nitrogens with one attached hydrogen (secondary N) is 2. The van der Waals surface area contributed by atoms with Gasteiger partial charge in [-0.25, -0.2) is 0 Å². The van der Waals surface area contributed by atoms with E-state index in [2.05, 4.69) is 25.5 Å². The van der Waals surface area contributed by atoms with Gasteiger partial charge in [0.05, 0.1) is 5.56 Å². The Morgan fingerprint density at radius 1 is 1.25 bits per heavy atom. The number of aromatic nitrogens is 1. The maximum absolute atomic E-state index is 12.0. The Morgan fingerprint density at radius 3 is 2.58 bits per heavy atom. The summed E-state index contributed by atoms with van der Waals surface area (Å²) in [6.45, 7) is 3.47. The zero-order valence-corrected chi connectivity index (χ0v) is 14.4. The zero-order chi connectivity index (χ0) is 16.8. The molecule has 2 N–H and O–H groups in total. The summed E-state index contributed by atoms with van der Waals surface area (Å²) < 4.78 is 0. The SMILES string of the molecule is CN=C(NCCNC(=O)c1cccnc1)N1CC2CCCCC2C1. The summed E-state index contributed by atoms with van der Waals surface area (Å²) in [5.41, 5.74) is 0.588. The Balaban J connectivity index is 1.41. The lowest BCUT2D eigenvalue weighted by atomic mass is 9.82. The van der Waals surface area contributed by atoms with E-state index >= 15 is 0 Å². The quantitative estimate of drug-likeness (QED) is 0.499. The first-order valence-electron chi connectivity index (χ1n) is 8.91. The minimum atomic E-state index is -0.0907. The number of carbonyl (C=O) groups is 1. The van der Waals surface area contributed by atoms with Crippen molar-refractivity contribution in [1.29, 1.82) is 0 Å². The molecule has 130 valence electrons.